The molecule has 0 amide bonds. The molecule has 21 heavy (non-hydrogen) atoms. The summed E-state index contributed by atoms with van der Waals surface area (Å²) in [4.78, 5) is 18.0. The summed E-state index contributed by atoms with van der Waals surface area (Å²) in [5, 5.41) is 0.572. The second kappa shape index (κ2) is 7.53. The third kappa shape index (κ3) is 4.38. The van der Waals surface area contributed by atoms with Crippen LogP contribution in [0.25, 0.3) is 0 Å². The maximum Gasteiger partial charge on any atom is 0.251 e. The van der Waals surface area contributed by atoms with E-state index in [2.05, 4.69) is 21.8 Å². The molecular formula is C15H15N3O2S. The molecule has 0 atom stereocenters. The van der Waals surface area contributed by atoms with Crippen molar-refractivity contribution in [1.82, 2.24) is 9.97 Å². The highest BCUT2D eigenvalue weighted by Crippen LogP contribution is 2.26. The molecule has 0 unspecified atom stereocenters. The second-order valence-corrected chi connectivity index (χ2v) is 5.02. The summed E-state index contributed by atoms with van der Waals surface area (Å²) in [6, 6.07) is 7.10. The molecule has 1 heterocycles. The van der Waals surface area contributed by atoms with E-state index in [9.17, 15) is 4.79 Å². The fourth-order valence-corrected chi connectivity index (χ4v) is 2.52. The molecule has 6 heteroatoms. The molecule has 0 fully saturated rings. The molecule has 0 spiro atoms. The van der Waals surface area contributed by atoms with Crippen molar-refractivity contribution in [3.63, 3.8) is 0 Å². The van der Waals surface area contributed by atoms with Gasteiger partial charge < -0.3 is 15.5 Å². The van der Waals surface area contributed by atoms with E-state index >= 15 is 0 Å². The lowest BCUT2D eigenvalue weighted by molar-refractivity contribution is 0.411. The van der Waals surface area contributed by atoms with Crippen LogP contribution in [0.15, 0.2) is 40.4 Å². The predicted octanol–water partition coefficient (Wildman–Crippen LogP) is 1.38. The van der Waals surface area contributed by atoms with Gasteiger partial charge in [-0.1, -0.05) is 23.6 Å². The lowest BCUT2D eigenvalue weighted by Crippen LogP contribution is -2.05. The molecule has 108 valence electrons. The number of nitrogens with zero attached hydrogens (tertiary/aromatic N) is 1. The first-order chi connectivity index (χ1) is 10.2. The number of benzene rings is 1. The van der Waals surface area contributed by atoms with Crippen LogP contribution in [0.3, 0.4) is 0 Å². The van der Waals surface area contributed by atoms with Crippen molar-refractivity contribution in [2.75, 3.05) is 13.7 Å². The molecule has 0 aliphatic rings. The second-order valence-electron chi connectivity index (χ2n) is 4.06. The zero-order valence-corrected chi connectivity index (χ0v) is 12.4. The van der Waals surface area contributed by atoms with Crippen molar-refractivity contribution < 1.29 is 4.74 Å². The van der Waals surface area contributed by atoms with Crippen molar-refractivity contribution in [3.8, 4) is 17.6 Å². The van der Waals surface area contributed by atoms with Crippen molar-refractivity contribution in [3.05, 3.63) is 51.9 Å². The lowest BCUT2D eigenvalue weighted by Gasteiger charge is -2.08. The number of H-pyrrole nitrogens is 1. The fraction of sp³-hybridized carbons (Fsp3) is 0.200. The van der Waals surface area contributed by atoms with Gasteiger partial charge in [-0.25, -0.2) is 4.98 Å². The summed E-state index contributed by atoms with van der Waals surface area (Å²) in [5.41, 5.74) is 7.08. The van der Waals surface area contributed by atoms with Gasteiger partial charge in [0, 0.05) is 29.1 Å². The molecule has 3 N–H and O–H groups in total. The third-order valence-corrected chi connectivity index (χ3v) is 3.56. The molecule has 0 radical (unpaired) electrons. The summed E-state index contributed by atoms with van der Waals surface area (Å²) in [6.45, 7) is 0.325. The molecule has 2 rings (SSSR count). The number of ether oxygens (including phenoxy) is 1. The lowest BCUT2D eigenvalue weighted by atomic mass is 10.1. The van der Waals surface area contributed by atoms with E-state index in [1.165, 1.54) is 24.0 Å². The normalized spacial score (nSPS) is 9.81. The molecule has 0 bridgehead atoms. The van der Waals surface area contributed by atoms with Gasteiger partial charge in [0.25, 0.3) is 5.56 Å². The SMILES string of the molecule is COc1ccc(C#CCN)cc1CSc1nccc(=O)[nH]1. The standard InChI is InChI=1S/C15H15N3O2S/c1-20-13-5-4-11(3-2-7-16)9-12(13)10-21-15-17-8-6-14(19)18-15/h4-6,8-9H,7,10,16H2,1H3,(H,17,18,19). The zero-order valence-electron chi connectivity index (χ0n) is 11.6. The van der Waals surface area contributed by atoms with Gasteiger partial charge >= 0.3 is 0 Å². The number of nitrogens with one attached hydrogen (secondary N) is 1. The minimum absolute atomic E-state index is 0.165. The number of rotatable bonds is 4. The van der Waals surface area contributed by atoms with E-state index in [-0.39, 0.29) is 5.56 Å². The van der Waals surface area contributed by atoms with E-state index in [4.69, 9.17) is 10.5 Å². The van der Waals surface area contributed by atoms with Gasteiger partial charge in [0.05, 0.1) is 13.7 Å². The molecule has 0 saturated heterocycles. The zero-order chi connectivity index (χ0) is 15.1. The largest absolute Gasteiger partial charge is 0.496 e. The van der Waals surface area contributed by atoms with Crippen LogP contribution in [0.2, 0.25) is 0 Å². The van der Waals surface area contributed by atoms with Crippen LogP contribution in [0.5, 0.6) is 5.75 Å². The molecule has 0 saturated carbocycles. The number of methoxy groups -OCH3 is 1. The Morgan fingerprint density at radius 1 is 1.43 bits per heavy atom. The minimum Gasteiger partial charge on any atom is -0.496 e. The Hall–Kier alpha value is -2.23. The first kappa shape index (κ1) is 15.2. The number of thioether (sulfide) groups is 1. The Labute approximate surface area is 126 Å². The first-order valence-corrected chi connectivity index (χ1v) is 7.25. The Morgan fingerprint density at radius 2 is 2.29 bits per heavy atom. The van der Waals surface area contributed by atoms with E-state index in [0.29, 0.717) is 17.5 Å². The predicted molar refractivity (Wildman–Crippen MR) is 83.3 cm³/mol. The fourth-order valence-electron chi connectivity index (χ4n) is 1.69. The van der Waals surface area contributed by atoms with E-state index < -0.39 is 0 Å². The topological polar surface area (TPSA) is 81.0 Å². The monoisotopic (exact) mass is 301 g/mol. The smallest absolute Gasteiger partial charge is 0.251 e. The molecule has 1 aromatic carbocycles. The Balaban J connectivity index is 2.19. The number of aromatic nitrogens is 2. The molecule has 0 aliphatic carbocycles. The van der Waals surface area contributed by atoms with Crippen LogP contribution in [0.4, 0.5) is 0 Å². The van der Waals surface area contributed by atoms with Gasteiger partial charge in [-0.3, -0.25) is 4.79 Å². The van der Waals surface area contributed by atoms with Gasteiger partial charge in [-0.15, -0.1) is 0 Å². The van der Waals surface area contributed by atoms with Crippen LogP contribution in [-0.2, 0) is 5.75 Å². The molecular weight excluding hydrogens is 286 g/mol. The molecule has 1 aromatic heterocycles. The Bertz CT molecular complexity index is 731. The van der Waals surface area contributed by atoms with Gasteiger partial charge in [0.1, 0.15) is 5.75 Å². The van der Waals surface area contributed by atoms with Crippen LogP contribution in [0, 0.1) is 11.8 Å². The van der Waals surface area contributed by atoms with Crippen molar-refractivity contribution >= 4 is 11.8 Å². The van der Waals surface area contributed by atoms with Gasteiger partial charge in [-0.2, -0.15) is 0 Å². The van der Waals surface area contributed by atoms with Gasteiger partial charge in [0.15, 0.2) is 5.16 Å². The van der Waals surface area contributed by atoms with Gasteiger partial charge in [0.2, 0.25) is 0 Å². The molecule has 5 nitrogen and oxygen atoms in total. The highest BCUT2D eigenvalue weighted by Gasteiger charge is 2.06. The van der Waals surface area contributed by atoms with Crippen molar-refractivity contribution in [2.45, 2.75) is 10.9 Å². The summed E-state index contributed by atoms with van der Waals surface area (Å²) < 4.78 is 5.34. The maximum atomic E-state index is 11.2. The van der Waals surface area contributed by atoms with Crippen molar-refractivity contribution in [2.24, 2.45) is 5.73 Å². The van der Waals surface area contributed by atoms with E-state index in [1.807, 2.05) is 18.2 Å². The first-order valence-electron chi connectivity index (χ1n) is 6.27. The highest BCUT2D eigenvalue weighted by atomic mass is 32.2. The van der Waals surface area contributed by atoms with Crippen molar-refractivity contribution in [1.29, 1.82) is 0 Å². The Morgan fingerprint density at radius 3 is 3.00 bits per heavy atom. The average Bonchev–Trinajstić information content (AvgIpc) is 2.51. The molecule has 2 aromatic rings. The van der Waals surface area contributed by atoms with Crippen LogP contribution >= 0.6 is 11.8 Å². The van der Waals surface area contributed by atoms with Crippen LogP contribution in [-0.4, -0.2) is 23.6 Å². The molecule has 0 aliphatic heterocycles. The number of nitrogens with two attached hydrogens (primary N) is 1. The number of hydrogen-bond acceptors (Lipinski definition) is 5. The summed E-state index contributed by atoms with van der Waals surface area (Å²) >= 11 is 1.43. The average molecular weight is 301 g/mol. The summed E-state index contributed by atoms with van der Waals surface area (Å²) in [7, 11) is 1.62. The van der Waals surface area contributed by atoms with E-state index in [1.54, 1.807) is 7.11 Å². The van der Waals surface area contributed by atoms with E-state index in [0.717, 1.165) is 16.9 Å². The summed E-state index contributed by atoms with van der Waals surface area (Å²) in [5.74, 6) is 7.21. The Kier molecular flexibility index (Phi) is 5.43. The quantitative estimate of drug-likeness (QED) is 0.506. The van der Waals surface area contributed by atoms with Gasteiger partial charge in [-0.05, 0) is 18.2 Å². The maximum absolute atomic E-state index is 11.2. The minimum atomic E-state index is -0.165. The number of aromatic amines is 1. The third-order valence-electron chi connectivity index (χ3n) is 2.63. The highest BCUT2D eigenvalue weighted by molar-refractivity contribution is 7.98. The number of hydrogen-bond donors (Lipinski definition) is 2. The van der Waals surface area contributed by atoms with Crippen LogP contribution in [0.1, 0.15) is 11.1 Å². The van der Waals surface area contributed by atoms with Crippen LogP contribution < -0.4 is 16.0 Å². The summed E-state index contributed by atoms with van der Waals surface area (Å²) in [6.07, 6.45) is 1.49.